The summed E-state index contributed by atoms with van der Waals surface area (Å²) in [5.74, 6) is -0.0773. The van der Waals surface area contributed by atoms with Crippen LogP contribution in [0.3, 0.4) is 0 Å². The minimum atomic E-state index is -1.80. The molecular weight excluding hydrogens is 398 g/mol. The summed E-state index contributed by atoms with van der Waals surface area (Å²) in [4.78, 5) is 32.0. The van der Waals surface area contributed by atoms with Crippen molar-refractivity contribution in [1.29, 1.82) is 0 Å². The normalized spacial score (nSPS) is 15.6. The van der Waals surface area contributed by atoms with Crippen LogP contribution in [-0.2, 0) is 9.22 Å². The molecule has 1 amide bonds. The molecule has 1 aromatic heterocycles. The minimum Gasteiger partial charge on any atom is -0.415 e. The molecule has 1 aliphatic heterocycles. The molecule has 1 fully saturated rings. The van der Waals surface area contributed by atoms with Gasteiger partial charge in [0.25, 0.3) is 5.91 Å². The van der Waals surface area contributed by atoms with Crippen molar-refractivity contribution in [2.45, 2.75) is 51.1 Å². The molecule has 0 aliphatic carbocycles. The van der Waals surface area contributed by atoms with E-state index in [4.69, 9.17) is 4.43 Å². The monoisotopic (exact) mass is 429 g/mol. The number of aromatic nitrogens is 1. The second-order valence-corrected chi connectivity index (χ2v) is 15.6. The predicted molar refractivity (Wildman–Crippen MR) is 116 cm³/mol. The maximum Gasteiger partial charge on any atom is 0.273 e. The summed E-state index contributed by atoms with van der Waals surface area (Å²) in [6.07, 6.45) is 0. The number of likely N-dealkylation sites (N-methyl/N-ethyl adjacent to an activating group) is 1. The first-order chi connectivity index (χ1) is 12.4. The van der Waals surface area contributed by atoms with Gasteiger partial charge < -0.3 is 14.2 Å². The van der Waals surface area contributed by atoms with Crippen LogP contribution >= 0.6 is 23.1 Å². The zero-order valence-electron chi connectivity index (χ0n) is 17.4. The van der Waals surface area contributed by atoms with Gasteiger partial charge in [-0.1, -0.05) is 32.5 Å². The Balaban J connectivity index is 1.82. The largest absolute Gasteiger partial charge is 0.415 e. The molecule has 6 nitrogen and oxygen atoms in total. The number of nitrogens with zero attached hydrogens (tertiary/aromatic N) is 3. The highest BCUT2D eigenvalue weighted by molar-refractivity contribution is 8.14. The van der Waals surface area contributed by atoms with Crippen LogP contribution in [0.25, 0.3) is 0 Å². The molecule has 27 heavy (non-hydrogen) atoms. The average Bonchev–Trinajstić information content (AvgIpc) is 2.97. The highest BCUT2D eigenvalue weighted by atomic mass is 32.2. The van der Waals surface area contributed by atoms with Gasteiger partial charge in [0.15, 0.2) is 18.6 Å². The third-order valence-corrected chi connectivity index (χ3v) is 11.6. The Morgan fingerprint density at radius 1 is 1.41 bits per heavy atom. The van der Waals surface area contributed by atoms with Gasteiger partial charge in [0.2, 0.25) is 0 Å². The van der Waals surface area contributed by atoms with Crippen molar-refractivity contribution >= 4 is 47.6 Å². The summed E-state index contributed by atoms with van der Waals surface area (Å²) >= 11 is 2.86. The van der Waals surface area contributed by atoms with Crippen LogP contribution in [0, 0.1) is 0 Å². The number of thiazole rings is 1. The van der Waals surface area contributed by atoms with Gasteiger partial charge in [-0.15, -0.1) is 11.3 Å². The van der Waals surface area contributed by atoms with Crippen molar-refractivity contribution in [2.75, 3.05) is 38.2 Å². The van der Waals surface area contributed by atoms with Crippen molar-refractivity contribution in [3.8, 4) is 0 Å². The smallest absolute Gasteiger partial charge is 0.273 e. The van der Waals surface area contributed by atoms with Gasteiger partial charge in [-0.25, -0.2) is 4.98 Å². The topological polar surface area (TPSA) is 62.7 Å². The Morgan fingerprint density at radius 2 is 2.04 bits per heavy atom. The molecule has 1 aliphatic rings. The molecule has 0 radical (unpaired) electrons. The van der Waals surface area contributed by atoms with Crippen molar-refractivity contribution < 1.29 is 14.0 Å². The lowest BCUT2D eigenvalue weighted by Gasteiger charge is -2.37. The van der Waals surface area contributed by atoms with E-state index >= 15 is 0 Å². The van der Waals surface area contributed by atoms with Crippen LogP contribution in [0.2, 0.25) is 18.1 Å². The maximum atomic E-state index is 12.6. The van der Waals surface area contributed by atoms with E-state index in [0.717, 1.165) is 18.2 Å². The summed E-state index contributed by atoms with van der Waals surface area (Å²) < 4.78 is 6.15. The lowest BCUT2D eigenvalue weighted by Crippen LogP contribution is -2.49. The van der Waals surface area contributed by atoms with E-state index < -0.39 is 8.32 Å². The van der Waals surface area contributed by atoms with E-state index in [2.05, 4.69) is 43.7 Å². The fourth-order valence-electron chi connectivity index (χ4n) is 2.36. The Hall–Kier alpha value is -0.903. The number of rotatable bonds is 7. The molecule has 0 N–H and O–H groups in total. The van der Waals surface area contributed by atoms with Crippen molar-refractivity contribution in [2.24, 2.45) is 0 Å². The van der Waals surface area contributed by atoms with E-state index in [-0.39, 0.29) is 16.1 Å². The molecule has 152 valence electrons. The Morgan fingerprint density at radius 3 is 2.59 bits per heavy atom. The Kier molecular flexibility index (Phi) is 7.15. The molecule has 1 saturated heterocycles. The second-order valence-electron chi connectivity index (χ2n) is 8.49. The molecule has 9 heteroatoms. The number of amides is 1. The van der Waals surface area contributed by atoms with Crippen LogP contribution in [0.15, 0.2) is 5.38 Å². The quantitative estimate of drug-likeness (QED) is 0.616. The van der Waals surface area contributed by atoms with Gasteiger partial charge in [-0.05, 0) is 18.1 Å². The molecular formula is C18H31N3O3S2Si. The van der Waals surface area contributed by atoms with E-state index in [1.165, 1.54) is 23.1 Å². The number of anilines is 1. The SMILES string of the molecule is CC(=O)SC1CN(c2nc(C(=O)N(C)CCO[Si](C)(C)C(C)(C)C)cs2)C1. The fourth-order valence-corrected chi connectivity index (χ4v) is 5.20. The lowest BCUT2D eigenvalue weighted by molar-refractivity contribution is -0.109. The molecule has 0 atom stereocenters. The predicted octanol–water partition coefficient (Wildman–Crippen LogP) is 3.71. The zero-order valence-corrected chi connectivity index (χ0v) is 20.0. The minimum absolute atomic E-state index is 0.0773. The van der Waals surface area contributed by atoms with Crippen LogP contribution < -0.4 is 4.90 Å². The molecule has 1 aromatic rings. The molecule has 0 unspecified atom stereocenters. The molecule has 0 saturated carbocycles. The highest BCUT2D eigenvalue weighted by Gasteiger charge is 2.37. The fraction of sp³-hybridized carbons (Fsp3) is 0.722. The molecule has 0 aromatic carbocycles. The van der Waals surface area contributed by atoms with E-state index in [0.29, 0.717) is 24.1 Å². The number of carbonyl (C=O) groups excluding carboxylic acids is 2. The number of thioether (sulfide) groups is 1. The van der Waals surface area contributed by atoms with Gasteiger partial charge in [0.05, 0.1) is 6.61 Å². The van der Waals surface area contributed by atoms with Crippen molar-refractivity contribution in [1.82, 2.24) is 9.88 Å². The van der Waals surface area contributed by atoms with Gasteiger partial charge in [-0.2, -0.15) is 0 Å². The third-order valence-electron chi connectivity index (χ3n) is 5.20. The van der Waals surface area contributed by atoms with Gasteiger partial charge in [-0.3, -0.25) is 9.59 Å². The summed E-state index contributed by atoms with van der Waals surface area (Å²) in [6.45, 7) is 15.4. The average molecular weight is 430 g/mol. The van der Waals surface area contributed by atoms with Crippen LogP contribution in [0.4, 0.5) is 5.13 Å². The summed E-state index contributed by atoms with van der Waals surface area (Å²) in [7, 11) is -0.00530. The van der Waals surface area contributed by atoms with Crippen LogP contribution in [-0.4, -0.2) is 67.8 Å². The summed E-state index contributed by atoms with van der Waals surface area (Å²) in [5, 5.41) is 3.31. The van der Waals surface area contributed by atoms with Crippen LogP contribution in [0.5, 0.6) is 0 Å². The van der Waals surface area contributed by atoms with Gasteiger partial charge >= 0.3 is 0 Å². The van der Waals surface area contributed by atoms with E-state index in [1.807, 2.05) is 5.38 Å². The summed E-state index contributed by atoms with van der Waals surface area (Å²) in [6, 6.07) is 0. The third kappa shape index (κ3) is 5.79. The second kappa shape index (κ2) is 8.63. The first-order valence-corrected chi connectivity index (χ1v) is 13.8. The van der Waals surface area contributed by atoms with Crippen molar-refractivity contribution in [3.63, 3.8) is 0 Å². The highest BCUT2D eigenvalue weighted by Crippen LogP contribution is 2.36. The van der Waals surface area contributed by atoms with Gasteiger partial charge in [0.1, 0.15) is 5.69 Å². The first kappa shape index (κ1) is 22.4. The maximum absolute atomic E-state index is 12.6. The zero-order chi connectivity index (χ0) is 20.4. The molecule has 2 rings (SSSR count). The Bertz CT molecular complexity index is 682. The standard InChI is InChI=1S/C18H31N3O3S2Si/c1-13(22)26-14-10-21(11-14)17-19-15(12-25-17)16(23)20(5)8-9-24-27(6,7)18(2,3)4/h12,14H,8-11H2,1-7H3. The molecule has 2 heterocycles. The lowest BCUT2D eigenvalue weighted by atomic mass is 10.2. The summed E-state index contributed by atoms with van der Waals surface area (Å²) in [5.41, 5.74) is 0.479. The van der Waals surface area contributed by atoms with Crippen molar-refractivity contribution in [3.05, 3.63) is 11.1 Å². The first-order valence-electron chi connectivity index (χ1n) is 9.18. The van der Waals surface area contributed by atoms with Crippen LogP contribution in [0.1, 0.15) is 38.2 Å². The number of carbonyl (C=O) groups is 2. The number of hydrogen-bond donors (Lipinski definition) is 0. The van der Waals surface area contributed by atoms with E-state index in [9.17, 15) is 9.59 Å². The molecule has 0 spiro atoms. The number of hydrogen-bond acceptors (Lipinski definition) is 7. The van der Waals surface area contributed by atoms with Gasteiger partial charge in [0, 0.05) is 44.2 Å². The molecule has 0 bridgehead atoms. The van der Waals surface area contributed by atoms with E-state index in [1.54, 1.807) is 18.9 Å². The Labute approximate surface area is 171 Å².